The molecular formula is C17H23N3O. The third-order valence-electron chi connectivity index (χ3n) is 4.28. The van der Waals surface area contributed by atoms with Gasteiger partial charge in [-0.2, -0.15) is 0 Å². The van der Waals surface area contributed by atoms with Gasteiger partial charge in [0, 0.05) is 25.0 Å². The van der Waals surface area contributed by atoms with Crippen molar-refractivity contribution in [2.75, 3.05) is 19.6 Å². The van der Waals surface area contributed by atoms with E-state index in [9.17, 15) is 0 Å². The minimum absolute atomic E-state index is 0.313. The second-order valence-electron chi connectivity index (χ2n) is 5.68. The van der Waals surface area contributed by atoms with Gasteiger partial charge in [0.15, 0.2) is 0 Å². The molecule has 1 N–H and O–H groups in total. The second kappa shape index (κ2) is 6.87. The SMILES string of the molecule is CC(NCC(c1ccco1)N1CCCC1)c1ccncc1. The first kappa shape index (κ1) is 14.3. The van der Waals surface area contributed by atoms with Crippen LogP contribution in [0.3, 0.4) is 0 Å². The lowest BCUT2D eigenvalue weighted by Gasteiger charge is -2.27. The minimum atomic E-state index is 0.313. The first-order valence-corrected chi connectivity index (χ1v) is 7.75. The van der Waals surface area contributed by atoms with Gasteiger partial charge >= 0.3 is 0 Å². The molecule has 0 saturated carbocycles. The molecule has 1 aliphatic rings. The highest BCUT2D eigenvalue weighted by Crippen LogP contribution is 2.25. The van der Waals surface area contributed by atoms with Gasteiger partial charge in [-0.15, -0.1) is 0 Å². The van der Waals surface area contributed by atoms with Crippen LogP contribution in [0.1, 0.15) is 43.2 Å². The van der Waals surface area contributed by atoms with E-state index in [0.29, 0.717) is 12.1 Å². The highest BCUT2D eigenvalue weighted by atomic mass is 16.3. The van der Waals surface area contributed by atoms with Crippen LogP contribution in [-0.2, 0) is 0 Å². The van der Waals surface area contributed by atoms with E-state index in [1.807, 2.05) is 18.5 Å². The maximum atomic E-state index is 5.65. The molecule has 4 heteroatoms. The summed E-state index contributed by atoms with van der Waals surface area (Å²) < 4.78 is 5.65. The molecule has 112 valence electrons. The largest absolute Gasteiger partial charge is 0.468 e. The molecule has 3 rings (SSSR count). The number of aromatic nitrogens is 1. The maximum absolute atomic E-state index is 5.65. The Labute approximate surface area is 126 Å². The van der Waals surface area contributed by atoms with Crippen molar-refractivity contribution in [1.29, 1.82) is 0 Å². The lowest BCUT2D eigenvalue weighted by molar-refractivity contribution is 0.205. The van der Waals surface area contributed by atoms with E-state index < -0.39 is 0 Å². The molecule has 4 nitrogen and oxygen atoms in total. The van der Waals surface area contributed by atoms with Crippen LogP contribution in [0.25, 0.3) is 0 Å². The standard InChI is InChI=1S/C17H23N3O/c1-14(15-6-8-18-9-7-15)19-13-16(17-5-4-12-21-17)20-10-2-3-11-20/h4-9,12,14,16,19H,2-3,10-11,13H2,1H3. The van der Waals surface area contributed by atoms with Crippen LogP contribution in [0.4, 0.5) is 0 Å². The molecular weight excluding hydrogens is 262 g/mol. The number of pyridine rings is 1. The summed E-state index contributed by atoms with van der Waals surface area (Å²) in [6.07, 6.45) is 8.04. The van der Waals surface area contributed by atoms with Crippen LogP contribution < -0.4 is 5.32 Å². The summed E-state index contributed by atoms with van der Waals surface area (Å²) >= 11 is 0. The van der Waals surface area contributed by atoms with Crippen molar-refractivity contribution >= 4 is 0 Å². The zero-order valence-electron chi connectivity index (χ0n) is 12.5. The number of nitrogens with one attached hydrogen (secondary N) is 1. The minimum Gasteiger partial charge on any atom is -0.468 e. The Morgan fingerprint density at radius 3 is 2.67 bits per heavy atom. The van der Waals surface area contributed by atoms with Crippen molar-refractivity contribution in [2.45, 2.75) is 31.8 Å². The Morgan fingerprint density at radius 1 is 1.24 bits per heavy atom. The summed E-state index contributed by atoms with van der Waals surface area (Å²) in [5, 5.41) is 3.63. The van der Waals surface area contributed by atoms with Crippen molar-refractivity contribution in [1.82, 2.24) is 15.2 Å². The Kier molecular flexibility index (Phi) is 4.68. The molecule has 2 aromatic rings. The van der Waals surface area contributed by atoms with Crippen molar-refractivity contribution in [2.24, 2.45) is 0 Å². The van der Waals surface area contributed by atoms with E-state index in [1.54, 1.807) is 6.26 Å². The third kappa shape index (κ3) is 3.52. The monoisotopic (exact) mass is 285 g/mol. The fraction of sp³-hybridized carbons (Fsp3) is 0.471. The quantitative estimate of drug-likeness (QED) is 0.885. The molecule has 0 amide bonds. The first-order valence-electron chi connectivity index (χ1n) is 7.75. The Balaban J connectivity index is 1.65. The number of nitrogens with zero attached hydrogens (tertiary/aromatic N) is 2. The van der Waals surface area contributed by atoms with Crippen molar-refractivity contribution in [3.05, 3.63) is 54.2 Å². The maximum Gasteiger partial charge on any atom is 0.122 e. The average Bonchev–Trinajstić information content (AvgIpc) is 3.22. The molecule has 3 heterocycles. The molecule has 1 saturated heterocycles. The highest BCUT2D eigenvalue weighted by molar-refractivity contribution is 5.14. The lowest BCUT2D eigenvalue weighted by atomic mass is 10.1. The number of furan rings is 1. The molecule has 0 spiro atoms. The fourth-order valence-electron chi connectivity index (χ4n) is 3.00. The summed E-state index contributed by atoms with van der Waals surface area (Å²) in [6, 6.07) is 8.83. The summed E-state index contributed by atoms with van der Waals surface area (Å²) in [6.45, 7) is 5.42. The summed E-state index contributed by atoms with van der Waals surface area (Å²) in [5.41, 5.74) is 1.27. The van der Waals surface area contributed by atoms with Crippen LogP contribution in [0.15, 0.2) is 47.3 Å². The number of rotatable bonds is 6. The van der Waals surface area contributed by atoms with Gasteiger partial charge in [-0.1, -0.05) is 0 Å². The predicted molar refractivity (Wildman–Crippen MR) is 82.9 cm³/mol. The molecule has 0 bridgehead atoms. The van der Waals surface area contributed by atoms with Crippen LogP contribution >= 0.6 is 0 Å². The molecule has 1 fully saturated rings. The van der Waals surface area contributed by atoms with E-state index >= 15 is 0 Å². The molecule has 1 aliphatic heterocycles. The van der Waals surface area contributed by atoms with Crippen LogP contribution in [0.5, 0.6) is 0 Å². The van der Waals surface area contributed by atoms with E-state index in [4.69, 9.17) is 4.42 Å². The lowest BCUT2D eigenvalue weighted by Crippen LogP contribution is -2.35. The number of hydrogen-bond donors (Lipinski definition) is 1. The Bertz CT molecular complexity index is 520. The molecule has 0 radical (unpaired) electrons. The van der Waals surface area contributed by atoms with Gasteiger partial charge in [0.1, 0.15) is 5.76 Å². The topological polar surface area (TPSA) is 41.3 Å². The predicted octanol–water partition coefficient (Wildman–Crippen LogP) is 3.16. The number of likely N-dealkylation sites (tertiary alicyclic amines) is 1. The molecule has 2 atom stereocenters. The van der Waals surface area contributed by atoms with Gasteiger partial charge in [0.25, 0.3) is 0 Å². The molecule has 21 heavy (non-hydrogen) atoms. The Morgan fingerprint density at radius 2 is 2.00 bits per heavy atom. The fourth-order valence-corrected chi connectivity index (χ4v) is 3.00. The van der Waals surface area contributed by atoms with Crippen LogP contribution in [-0.4, -0.2) is 29.5 Å². The van der Waals surface area contributed by atoms with E-state index in [0.717, 1.165) is 25.4 Å². The van der Waals surface area contributed by atoms with Gasteiger partial charge in [0.2, 0.25) is 0 Å². The highest BCUT2D eigenvalue weighted by Gasteiger charge is 2.25. The van der Waals surface area contributed by atoms with Crippen molar-refractivity contribution in [3.8, 4) is 0 Å². The average molecular weight is 285 g/mol. The van der Waals surface area contributed by atoms with Gasteiger partial charge in [-0.05, 0) is 62.7 Å². The normalized spacial score (nSPS) is 18.7. The zero-order chi connectivity index (χ0) is 14.5. The van der Waals surface area contributed by atoms with Crippen molar-refractivity contribution in [3.63, 3.8) is 0 Å². The van der Waals surface area contributed by atoms with Gasteiger partial charge < -0.3 is 9.73 Å². The number of hydrogen-bond acceptors (Lipinski definition) is 4. The zero-order valence-corrected chi connectivity index (χ0v) is 12.5. The summed E-state index contributed by atoms with van der Waals surface area (Å²) in [7, 11) is 0. The van der Waals surface area contributed by atoms with Crippen LogP contribution in [0, 0.1) is 0 Å². The molecule has 0 aromatic carbocycles. The van der Waals surface area contributed by atoms with Crippen LogP contribution in [0.2, 0.25) is 0 Å². The van der Waals surface area contributed by atoms with E-state index in [1.165, 1.54) is 18.4 Å². The van der Waals surface area contributed by atoms with Gasteiger partial charge in [-0.25, -0.2) is 0 Å². The molecule has 2 aromatic heterocycles. The second-order valence-corrected chi connectivity index (χ2v) is 5.68. The van der Waals surface area contributed by atoms with E-state index in [2.05, 4.69) is 40.3 Å². The molecule has 2 unspecified atom stereocenters. The van der Waals surface area contributed by atoms with E-state index in [-0.39, 0.29) is 0 Å². The third-order valence-corrected chi connectivity index (χ3v) is 4.28. The summed E-state index contributed by atoms with van der Waals surface area (Å²) in [4.78, 5) is 6.59. The Hall–Kier alpha value is -1.65. The van der Waals surface area contributed by atoms with Crippen molar-refractivity contribution < 1.29 is 4.42 Å². The smallest absolute Gasteiger partial charge is 0.122 e. The molecule has 0 aliphatic carbocycles. The first-order chi connectivity index (χ1) is 10.3. The van der Waals surface area contributed by atoms with Gasteiger partial charge in [0.05, 0.1) is 12.3 Å². The summed E-state index contributed by atoms with van der Waals surface area (Å²) in [5.74, 6) is 1.06. The van der Waals surface area contributed by atoms with Gasteiger partial charge in [-0.3, -0.25) is 9.88 Å².